The van der Waals surface area contributed by atoms with Crippen molar-refractivity contribution < 1.29 is 89.4 Å². The van der Waals surface area contributed by atoms with E-state index in [9.17, 15) is 61.0 Å². The fourth-order valence-corrected chi connectivity index (χ4v) is 10.9. The van der Waals surface area contributed by atoms with Crippen molar-refractivity contribution in [3.63, 3.8) is 0 Å². The van der Waals surface area contributed by atoms with Crippen LogP contribution in [-0.2, 0) is 33.2 Å². The standard InChI is InChI=1S/C65H117NO18/c1-3-5-7-9-11-13-15-17-19-20-21-22-23-24-25-26-27-29-30-32-34-36-38-40-42-49(70)48(66-53(71)43-41-39-37-35-33-31-28-18-16-14-12-10-8-6-4-2)47-79-63-59(77)56(74)61(51(45-68)81-63)84-65-60(78)57(75)62(52(46-69)82-65)83-64-58(76)55(73)54(72)50(44-67)80-64/h12,14,18,28,32,34,40,42,48-52,54-65,67-70,72-78H,3-11,13,15-17,19-27,29-31,33,35-39,41,43-47H2,1-2H3,(H,66,71)/b14-12-,28-18-,34-32+,42-40+. The predicted octanol–water partition coefficient (Wildman–Crippen LogP) is 7.43. The molecule has 3 saturated heterocycles. The van der Waals surface area contributed by atoms with E-state index in [2.05, 4.69) is 55.6 Å². The van der Waals surface area contributed by atoms with Crippen molar-refractivity contribution in [2.24, 2.45) is 0 Å². The Morgan fingerprint density at radius 3 is 1.29 bits per heavy atom. The summed E-state index contributed by atoms with van der Waals surface area (Å²) in [5.74, 6) is -0.300. The SMILES string of the molecule is CCCCC/C=C\C/C=C\CCCCCCCC(=O)NC(COC1OC(CO)C(OC2OC(CO)C(OC3OC(CO)C(O)C(O)C3O)C(O)C2O)C(O)C1O)C(O)/C=C/CC/C=C/CCCCCCCCCCCCCCCCCCCC. The van der Waals surface area contributed by atoms with Gasteiger partial charge >= 0.3 is 0 Å². The zero-order chi connectivity index (χ0) is 61.2. The normalized spacial score (nSPS) is 29.5. The van der Waals surface area contributed by atoms with E-state index in [1.165, 1.54) is 128 Å². The van der Waals surface area contributed by atoms with Gasteiger partial charge in [0, 0.05) is 6.42 Å². The highest BCUT2D eigenvalue weighted by Crippen LogP contribution is 2.33. The quantitative estimate of drug-likeness (QED) is 0.0208. The largest absolute Gasteiger partial charge is 0.394 e. The molecule has 1 amide bonds. The fourth-order valence-electron chi connectivity index (χ4n) is 10.9. The maximum absolute atomic E-state index is 13.3. The zero-order valence-electron chi connectivity index (χ0n) is 51.4. The van der Waals surface area contributed by atoms with Gasteiger partial charge in [0.25, 0.3) is 0 Å². The van der Waals surface area contributed by atoms with Gasteiger partial charge in [0.1, 0.15) is 73.2 Å². The average Bonchev–Trinajstić information content (AvgIpc) is 2.81. The molecule has 17 atom stereocenters. The van der Waals surface area contributed by atoms with Crippen molar-refractivity contribution in [3.05, 3.63) is 48.6 Å². The Morgan fingerprint density at radius 2 is 0.798 bits per heavy atom. The number of carbonyl (C=O) groups excluding carboxylic acids is 1. The molecule has 12 N–H and O–H groups in total. The summed E-state index contributed by atoms with van der Waals surface area (Å²) < 4.78 is 34.3. The van der Waals surface area contributed by atoms with Crippen LogP contribution < -0.4 is 5.32 Å². The second-order valence-electron chi connectivity index (χ2n) is 23.6. The predicted molar refractivity (Wildman–Crippen MR) is 323 cm³/mol. The van der Waals surface area contributed by atoms with Crippen LogP contribution in [0, 0.1) is 0 Å². The molecule has 3 heterocycles. The molecule has 0 aromatic heterocycles. The van der Waals surface area contributed by atoms with Gasteiger partial charge in [0.05, 0.1) is 38.6 Å². The number of aliphatic hydroxyl groups is 11. The van der Waals surface area contributed by atoms with Gasteiger partial charge < -0.3 is 89.9 Å². The molecule has 0 spiro atoms. The number of nitrogens with one attached hydrogen (secondary N) is 1. The molecular weight excluding hydrogens is 1080 g/mol. The van der Waals surface area contributed by atoms with Crippen LogP contribution in [0.25, 0.3) is 0 Å². The first kappa shape index (κ1) is 76.0. The van der Waals surface area contributed by atoms with Gasteiger partial charge in [0.15, 0.2) is 18.9 Å². The molecule has 0 saturated carbocycles. The maximum atomic E-state index is 13.3. The lowest BCUT2D eigenvalue weighted by Gasteiger charge is -2.48. The van der Waals surface area contributed by atoms with E-state index < -0.39 is 124 Å². The lowest BCUT2D eigenvalue weighted by molar-refractivity contribution is -0.379. The summed E-state index contributed by atoms with van der Waals surface area (Å²) in [6.07, 6.45) is 28.1. The summed E-state index contributed by atoms with van der Waals surface area (Å²) in [5, 5.41) is 120. The highest BCUT2D eigenvalue weighted by molar-refractivity contribution is 5.76. The van der Waals surface area contributed by atoms with E-state index in [1.54, 1.807) is 6.08 Å². The van der Waals surface area contributed by atoms with Crippen LogP contribution in [-0.4, -0.2) is 193 Å². The molecule has 3 rings (SSSR count). The Hall–Kier alpha value is -2.25. The van der Waals surface area contributed by atoms with Crippen LogP contribution in [0.5, 0.6) is 0 Å². The van der Waals surface area contributed by atoms with Crippen LogP contribution in [0.1, 0.15) is 226 Å². The van der Waals surface area contributed by atoms with Gasteiger partial charge in [-0.15, -0.1) is 0 Å². The van der Waals surface area contributed by atoms with Gasteiger partial charge in [-0.25, -0.2) is 0 Å². The summed E-state index contributed by atoms with van der Waals surface area (Å²) in [5.41, 5.74) is 0. The second kappa shape index (κ2) is 47.7. The summed E-state index contributed by atoms with van der Waals surface area (Å²) in [4.78, 5) is 13.3. The zero-order valence-corrected chi connectivity index (χ0v) is 51.4. The highest BCUT2D eigenvalue weighted by Gasteiger charge is 2.53. The number of aliphatic hydroxyl groups excluding tert-OH is 11. The van der Waals surface area contributed by atoms with Crippen molar-refractivity contribution in [3.8, 4) is 0 Å². The second-order valence-corrected chi connectivity index (χ2v) is 23.6. The maximum Gasteiger partial charge on any atom is 0.220 e. The van der Waals surface area contributed by atoms with Crippen LogP contribution in [0.2, 0.25) is 0 Å². The highest BCUT2D eigenvalue weighted by atomic mass is 16.8. The number of ether oxygens (including phenoxy) is 6. The summed E-state index contributed by atoms with van der Waals surface area (Å²) in [6.45, 7) is 1.67. The van der Waals surface area contributed by atoms with E-state index in [0.29, 0.717) is 12.8 Å². The monoisotopic (exact) mass is 1200 g/mol. The number of rotatable bonds is 49. The lowest BCUT2D eigenvalue weighted by Crippen LogP contribution is -2.66. The minimum atomic E-state index is -1.98. The number of unbranched alkanes of at least 4 members (excludes halogenated alkanes) is 27. The lowest BCUT2D eigenvalue weighted by atomic mass is 9.96. The molecule has 0 aliphatic carbocycles. The molecule has 0 aromatic carbocycles. The minimum Gasteiger partial charge on any atom is -0.394 e. The summed E-state index contributed by atoms with van der Waals surface area (Å²) >= 11 is 0. The van der Waals surface area contributed by atoms with Crippen molar-refractivity contribution in [2.75, 3.05) is 26.4 Å². The summed E-state index contributed by atoms with van der Waals surface area (Å²) in [6, 6.07) is -0.998. The van der Waals surface area contributed by atoms with Crippen LogP contribution in [0.3, 0.4) is 0 Å². The first-order valence-electron chi connectivity index (χ1n) is 32.9. The Balaban J connectivity index is 1.48. The number of hydrogen-bond acceptors (Lipinski definition) is 18. The van der Waals surface area contributed by atoms with E-state index in [4.69, 9.17) is 28.4 Å². The van der Waals surface area contributed by atoms with Crippen LogP contribution >= 0.6 is 0 Å². The van der Waals surface area contributed by atoms with Gasteiger partial charge in [-0.05, 0) is 64.2 Å². The molecule has 0 radical (unpaired) electrons. The van der Waals surface area contributed by atoms with Crippen molar-refractivity contribution in [1.82, 2.24) is 5.32 Å². The summed E-state index contributed by atoms with van der Waals surface area (Å²) in [7, 11) is 0. The Kier molecular flexibility index (Phi) is 43.2. The first-order chi connectivity index (χ1) is 40.8. The number of amides is 1. The number of allylic oxidation sites excluding steroid dienone is 7. The average molecular weight is 1200 g/mol. The molecule has 0 aromatic rings. The molecule has 3 fully saturated rings. The minimum absolute atomic E-state index is 0.218. The van der Waals surface area contributed by atoms with E-state index >= 15 is 0 Å². The molecule has 0 bridgehead atoms. The first-order valence-corrected chi connectivity index (χ1v) is 32.9. The van der Waals surface area contributed by atoms with E-state index in [0.717, 1.165) is 64.2 Å². The van der Waals surface area contributed by atoms with Gasteiger partial charge in [-0.1, -0.05) is 204 Å². The molecule has 84 heavy (non-hydrogen) atoms. The van der Waals surface area contributed by atoms with Gasteiger partial charge in [0.2, 0.25) is 5.91 Å². The van der Waals surface area contributed by atoms with Gasteiger partial charge in [-0.3, -0.25) is 4.79 Å². The molecule has 490 valence electrons. The Labute approximate surface area is 503 Å². The fraction of sp³-hybridized carbons (Fsp3) is 0.862. The topological polar surface area (TPSA) is 307 Å². The number of hydrogen-bond donors (Lipinski definition) is 12. The smallest absolute Gasteiger partial charge is 0.220 e. The Bertz CT molecular complexity index is 1720. The molecule has 3 aliphatic rings. The third kappa shape index (κ3) is 30.3. The Morgan fingerprint density at radius 1 is 0.429 bits per heavy atom. The van der Waals surface area contributed by atoms with Crippen molar-refractivity contribution in [1.29, 1.82) is 0 Å². The third-order valence-corrected chi connectivity index (χ3v) is 16.3. The van der Waals surface area contributed by atoms with Crippen molar-refractivity contribution in [2.45, 2.75) is 330 Å². The van der Waals surface area contributed by atoms with Gasteiger partial charge in [-0.2, -0.15) is 0 Å². The molecule has 19 heteroatoms. The van der Waals surface area contributed by atoms with Crippen LogP contribution in [0.15, 0.2) is 48.6 Å². The third-order valence-electron chi connectivity index (χ3n) is 16.3. The number of carbonyl (C=O) groups is 1. The molecule has 19 nitrogen and oxygen atoms in total. The molecule has 17 unspecified atom stereocenters. The molecule has 3 aliphatic heterocycles. The van der Waals surface area contributed by atoms with Crippen LogP contribution in [0.4, 0.5) is 0 Å². The molecular formula is C65H117NO18. The van der Waals surface area contributed by atoms with Crippen molar-refractivity contribution >= 4 is 5.91 Å². The van der Waals surface area contributed by atoms with E-state index in [-0.39, 0.29) is 18.9 Å². The van der Waals surface area contributed by atoms with E-state index in [1.807, 2.05) is 6.08 Å².